The number of piperazine rings is 1. The van der Waals surface area contributed by atoms with Gasteiger partial charge >= 0.3 is 0 Å². The Morgan fingerprint density at radius 1 is 1.23 bits per heavy atom. The largest absolute Gasteiger partial charge is 0.381 e. The molecule has 0 unspecified atom stereocenters. The highest BCUT2D eigenvalue weighted by Gasteiger charge is 2.33. The van der Waals surface area contributed by atoms with Crippen molar-refractivity contribution in [1.82, 2.24) is 20.4 Å². The minimum absolute atomic E-state index is 0.0949. The van der Waals surface area contributed by atoms with Gasteiger partial charge in [0.05, 0.1) is 12.1 Å². The molecule has 0 radical (unpaired) electrons. The number of rotatable bonds is 6. The quantitative estimate of drug-likeness (QED) is 0.503. The predicted octanol–water partition coefficient (Wildman–Crippen LogP) is -0.100. The van der Waals surface area contributed by atoms with Crippen LogP contribution in [0.15, 0.2) is 4.99 Å². The third-order valence-corrected chi connectivity index (χ3v) is 5.11. The summed E-state index contributed by atoms with van der Waals surface area (Å²) in [7, 11) is 3.59. The molecule has 2 aliphatic rings. The molecule has 2 rings (SSSR count). The van der Waals surface area contributed by atoms with Crippen LogP contribution in [-0.4, -0.2) is 99.9 Å². The number of amides is 1. The summed E-state index contributed by atoms with van der Waals surface area (Å²) >= 11 is 0. The highest BCUT2D eigenvalue weighted by molar-refractivity contribution is 5.80. The molecule has 8 heteroatoms. The lowest BCUT2D eigenvalue weighted by molar-refractivity contribution is -0.123. The first-order valence-corrected chi connectivity index (χ1v) is 9.58. The molecule has 0 atom stereocenters. The topological polar surface area (TPSA) is 78.4 Å². The van der Waals surface area contributed by atoms with Crippen molar-refractivity contribution in [2.75, 3.05) is 66.6 Å². The average molecular weight is 370 g/mol. The van der Waals surface area contributed by atoms with Crippen LogP contribution in [0.25, 0.3) is 0 Å². The van der Waals surface area contributed by atoms with Gasteiger partial charge in [-0.1, -0.05) is 0 Å². The van der Waals surface area contributed by atoms with E-state index in [1.54, 1.807) is 7.11 Å². The molecule has 0 aromatic rings. The van der Waals surface area contributed by atoms with Crippen molar-refractivity contribution >= 4 is 11.9 Å². The van der Waals surface area contributed by atoms with Crippen molar-refractivity contribution in [1.29, 1.82) is 0 Å². The maximum atomic E-state index is 11.9. The standard InChI is InChI=1S/C18H35N5O3/c1-15(2)21-16(24)13-22-7-9-23(10-8-22)17(19-3)20-14-18(25-4)5-11-26-12-6-18/h15H,5-14H2,1-4H3,(H,19,20)(H,21,24). The number of carbonyl (C=O) groups is 1. The molecule has 2 saturated heterocycles. The molecule has 0 aromatic carbocycles. The number of nitrogens with zero attached hydrogens (tertiary/aromatic N) is 3. The van der Waals surface area contributed by atoms with Crippen LogP contribution in [0.1, 0.15) is 26.7 Å². The molecule has 1 amide bonds. The van der Waals surface area contributed by atoms with Crippen LogP contribution >= 0.6 is 0 Å². The van der Waals surface area contributed by atoms with Gasteiger partial charge < -0.3 is 25.0 Å². The van der Waals surface area contributed by atoms with E-state index in [0.29, 0.717) is 6.54 Å². The van der Waals surface area contributed by atoms with Crippen LogP contribution in [-0.2, 0) is 14.3 Å². The second-order valence-corrected chi connectivity index (χ2v) is 7.39. The smallest absolute Gasteiger partial charge is 0.234 e. The first-order chi connectivity index (χ1) is 12.5. The Bertz CT molecular complexity index is 469. The van der Waals surface area contributed by atoms with Gasteiger partial charge in [0.15, 0.2) is 5.96 Å². The minimum Gasteiger partial charge on any atom is -0.381 e. The Morgan fingerprint density at radius 2 is 1.88 bits per heavy atom. The zero-order chi connectivity index (χ0) is 19.0. The summed E-state index contributed by atoms with van der Waals surface area (Å²) in [5.74, 6) is 0.997. The first-order valence-electron chi connectivity index (χ1n) is 9.58. The molecular weight excluding hydrogens is 334 g/mol. The fourth-order valence-electron chi connectivity index (χ4n) is 3.46. The number of hydrogen-bond donors (Lipinski definition) is 2. The SMILES string of the molecule is CN=C(NCC1(OC)CCOCC1)N1CCN(CC(=O)NC(C)C)CC1. The van der Waals surface area contributed by atoms with E-state index in [0.717, 1.165) is 64.7 Å². The lowest BCUT2D eigenvalue weighted by Crippen LogP contribution is -2.56. The summed E-state index contributed by atoms with van der Waals surface area (Å²) in [5, 5.41) is 6.43. The number of ether oxygens (including phenoxy) is 2. The summed E-state index contributed by atoms with van der Waals surface area (Å²) in [4.78, 5) is 20.8. The van der Waals surface area contributed by atoms with E-state index < -0.39 is 0 Å². The van der Waals surface area contributed by atoms with E-state index in [1.807, 2.05) is 20.9 Å². The summed E-state index contributed by atoms with van der Waals surface area (Å²) < 4.78 is 11.2. The van der Waals surface area contributed by atoms with Crippen molar-refractivity contribution in [2.24, 2.45) is 4.99 Å². The van der Waals surface area contributed by atoms with E-state index in [2.05, 4.69) is 25.4 Å². The molecule has 2 fully saturated rings. The highest BCUT2D eigenvalue weighted by Crippen LogP contribution is 2.23. The van der Waals surface area contributed by atoms with Crippen molar-refractivity contribution < 1.29 is 14.3 Å². The molecule has 0 bridgehead atoms. The fourth-order valence-corrected chi connectivity index (χ4v) is 3.46. The zero-order valence-electron chi connectivity index (χ0n) is 16.7. The van der Waals surface area contributed by atoms with Crippen molar-refractivity contribution in [3.63, 3.8) is 0 Å². The van der Waals surface area contributed by atoms with E-state index in [4.69, 9.17) is 9.47 Å². The number of nitrogens with one attached hydrogen (secondary N) is 2. The Labute approximate surface area is 157 Å². The van der Waals surface area contributed by atoms with Crippen LogP contribution < -0.4 is 10.6 Å². The number of guanidine groups is 1. The van der Waals surface area contributed by atoms with Gasteiger partial charge in [-0.25, -0.2) is 0 Å². The van der Waals surface area contributed by atoms with E-state index in [1.165, 1.54) is 0 Å². The molecule has 150 valence electrons. The maximum Gasteiger partial charge on any atom is 0.234 e. The van der Waals surface area contributed by atoms with Gasteiger partial charge in [-0.2, -0.15) is 0 Å². The summed E-state index contributed by atoms with van der Waals surface area (Å²) in [6.45, 7) is 10.1. The normalized spacial score (nSPS) is 21.7. The molecule has 2 aliphatic heterocycles. The maximum absolute atomic E-state index is 11.9. The fraction of sp³-hybridized carbons (Fsp3) is 0.889. The third kappa shape index (κ3) is 6.10. The van der Waals surface area contributed by atoms with Crippen LogP contribution in [0.5, 0.6) is 0 Å². The van der Waals surface area contributed by atoms with E-state index in [9.17, 15) is 4.79 Å². The number of methoxy groups -OCH3 is 1. The van der Waals surface area contributed by atoms with Gasteiger partial charge in [0.25, 0.3) is 0 Å². The van der Waals surface area contributed by atoms with Gasteiger partial charge in [-0.3, -0.25) is 14.7 Å². The molecule has 2 N–H and O–H groups in total. The molecule has 0 spiro atoms. The number of carbonyl (C=O) groups excluding carboxylic acids is 1. The van der Waals surface area contributed by atoms with Crippen LogP contribution in [0, 0.1) is 0 Å². The van der Waals surface area contributed by atoms with Crippen molar-refractivity contribution in [2.45, 2.75) is 38.3 Å². The molecule has 0 aliphatic carbocycles. The third-order valence-electron chi connectivity index (χ3n) is 5.11. The highest BCUT2D eigenvalue weighted by atomic mass is 16.5. The molecule has 0 saturated carbocycles. The lowest BCUT2D eigenvalue weighted by Gasteiger charge is -2.39. The van der Waals surface area contributed by atoms with Gasteiger partial charge in [0.1, 0.15) is 0 Å². The molecular formula is C18H35N5O3. The molecule has 0 aromatic heterocycles. The Hall–Kier alpha value is -1.38. The Balaban J connectivity index is 1.78. The first kappa shape index (κ1) is 20.9. The van der Waals surface area contributed by atoms with Crippen LogP contribution in [0.3, 0.4) is 0 Å². The Kier molecular flexibility index (Phi) is 8.12. The van der Waals surface area contributed by atoms with Gasteiger partial charge in [0, 0.05) is 79.0 Å². The summed E-state index contributed by atoms with van der Waals surface area (Å²) in [5.41, 5.74) is -0.176. The second-order valence-electron chi connectivity index (χ2n) is 7.39. The molecule has 26 heavy (non-hydrogen) atoms. The monoisotopic (exact) mass is 369 g/mol. The summed E-state index contributed by atoms with van der Waals surface area (Å²) in [6, 6.07) is 0.185. The van der Waals surface area contributed by atoms with Crippen molar-refractivity contribution in [3.8, 4) is 0 Å². The van der Waals surface area contributed by atoms with E-state index >= 15 is 0 Å². The number of hydrogen-bond acceptors (Lipinski definition) is 5. The molecule has 2 heterocycles. The van der Waals surface area contributed by atoms with Gasteiger partial charge in [0.2, 0.25) is 5.91 Å². The minimum atomic E-state index is -0.176. The number of aliphatic imine (C=N–C) groups is 1. The Morgan fingerprint density at radius 3 is 2.42 bits per heavy atom. The van der Waals surface area contributed by atoms with Gasteiger partial charge in [-0.05, 0) is 13.8 Å². The van der Waals surface area contributed by atoms with Gasteiger partial charge in [-0.15, -0.1) is 0 Å². The average Bonchev–Trinajstić information content (AvgIpc) is 2.63. The van der Waals surface area contributed by atoms with E-state index in [-0.39, 0.29) is 17.6 Å². The predicted molar refractivity (Wildman–Crippen MR) is 102 cm³/mol. The summed E-state index contributed by atoms with van der Waals surface area (Å²) in [6.07, 6.45) is 1.79. The van der Waals surface area contributed by atoms with Crippen LogP contribution in [0.2, 0.25) is 0 Å². The second kappa shape index (κ2) is 10.1. The zero-order valence-corrected chi connectivity index (χ0v) is 16.7. The van der Waals surface area contributed by atoms with Crippen LogP contribution in [0.4, 0.5) is 0 Å². The molecule has 8 nitrogen and oxygen atoms in total. The lowest BCUT2D eigenvalue weighted by atomic mass is 9.94. The van der Waals surface area contributed by atoms with Crippen molar-refractivity contribution in [3.05, 3.63) is 0 Å².